The fraction of sp³-hybridized carbons (Fsp3) is 0.0588. The van der Waals surface area contributed by atoms with E-state index in [0.717, 1.165) is 0 Å². The van der Waals surface area contributed by atoms with Gasteiger partial charge in [0.2, 0.25) is 0 Å². The Bertz CT molecular complexity index is 3050. The molecule has 0 fully saturated rings. The molecule has 0 aliphatic heterocycles. The fourth-order valence-corrected chi connectivity index (χ4v) is 9.10. The minimum absolute atomic E-state index is 0.196. The molecule has 0 amide bonds. The van der Waals surface area contributed by atoms with Crippen molar-refractivity contribution in [1.29, 1.82) is 0 Å². The summed E-state index contributed by atoms with van der Waals surface area (Å²) in [6.45, 7) is 4.81. The van der Waals surface area contributed by atoms with E-state index in [4.69, 9.17) is 0 Å². The van der Waals surface area contributed by atoms with Gasteiger partial charge in [0, 0.05) is 38.3 Å². The average Bonchev–Trinajstić information content (AvgIpc) is 3.79. The van der Waals surface area contributed by atoms with E-state index in [0.29, 0.717) is 0 Å². The first kappa shape index (κ1) is 30.0. The van der Waals surface area contributed by atoms with E-state index in [9.17, 15) is 0 Å². The van der Waals surface area contributed by atoms with E-state index in [-0.39, 0.29) is 5.41 Å². The molecule has 250 valence electrons. The van der Waals surface area contributed by atoms with Gasteiger partial charge < -0.3 is 9.13 Å². The summed E-state index contributed by atoms with van der Waals surface area (Å²) in [6, 6.07) is 67.0. The number of hydrogen-bond donors (Lipinski definition) is 0. The van der Waals surface area contributed by atoms with Gasteiger partial charge in [-0.1, -0.05) is 135 Å². The van der Waals surface area contributed by atoms with Crippen LogP contribution >= 0.6 is 0 Å². The molecular formula is C51H36N2. The van der Waals surface area contributed by atoms with E-state index in [1.165, 1.54) is 99.5 Å². The summed E-state index contributed by atoms with van der Waals surface area (Å²) < 4.78 is 4.92. The molecule has 8 aromatic carbocycles. The lowest BCUT2D eigenvalue weighted by Gasteiger charge is -2.22. The molecule has 53 heavy (non-hydrogen) atoms. The minimum atomic E-state index is -0.196. The van der Waals surface area contributed by atoms with Gasteiger partial charge in [0.05, 0.1) is 22.1 Å². The number of nitrogens with zero attached hydrogens (tertiary/aromatic N) is 2. The maximum absolute atomic E-state index is 2.49. The molecule has 0 atom stereocenters. The van der Waals surface area contributed by atoms with Crippen molar-refractivity contribution >= 4 is 43.6 Å². The molecule has 0 spiro atoms. The molecule has 0 bridgehead atoms. The lowest BCUT2D eigenvalue weighted by atomic mass is 9.82. The van der Waals surface area contributed by atoms with Gasteiger partial charge in [-0.3, -0.25) is 0 Å². The Labute approximate surface area is 308 Å². The van der Waals surface area contributed by atoms with Gasteiger partial charge in [0.15, 0.2) is 0 Å². The van der Waals surface area contributed by atoms with Crippen molar-refractivity contribution in [2.45, 2.75) is 19.3 Å². The largest absolute Gasteiger partial charge is 0.309 e. The molecule has 2 aromatic heterocycles. The van der Waals surface area contributed by atoms with Crippen molar-refractivity contribution in [2.24, 2.45) is 0 Å². The highest BCUT2D eigenvalue weighted by molar-refractivity contribution is 6.14. The van der Waals surface area contributed by atoms with Crippen LogP contribution in [0.3, 0.4) is 0 Å². The van der Waals surface area contributed by atoms with Crippen LogP contribution in [-0.4, -0.2) is 9.13 Å². The molecule has 0 saturated heterocycles. The van der Waals surface area contributed by atoms with Crippen LogP contribution in [0.15, 0.2) is 182 Å². The average molecular weight is 677 g/mol. The summed E-state index contributed by atoms with van der Waals surface area (Å²) in [5.74, 6) is 0. The van der Waals surface area contributed by atoms with Crippen LogP contribution in [-0.2, 0) is 5.41 Å². The zero-order chi connectivity index (χ0) is 35.3. The molecule has 1 aliphatic rings. The minimum Gasteiger partial charge on any atom is -0.309 e. The maximum atomic E-state index is 2.49. The summed E-state index contributed by atoms with van der Waals surface area (Å²) in [5, 5.41) is 5.13. The fourth-order valence-electron chi connectivity index (χ4n) is 9.10. The molecular weight excluding hydrogens is 641 g/mol. The number of benzene rings is 8. The van der Waals surface area contributed by atoms with Gasteiger partial charge in [0.1, 0.15) is 0 Å². The van der Waals surface area contributed by atoms with E-state index in [2.05, 4.69) is 205 Å². The third kappa shape index (κ3) is 4.39. The van der Waals surface area contributed by atoms with Crippen molar-refractivity contribution < 1.29 is 0 Å². The van der Waals surface area contributed by atoms with E-state index >= 15 is 0 Å². The summed E-state index contributed by atoms with van der Waals surface area (Å²) in [4.78, 5) is 0. The quantitative estimate of drug-likeness (QED) is 0.176. The Morgan fingerprint density at radius 2 is 0.774 bits per heavy atom. The number of fused-ring (bicyclic) bond motifs is 9. The van der Waals surface area contributed by atoms with Crippen LogP contribution in [0.2, 0.25) is 0 Å². The number of rotatable bonds is 4. The zero-order valence-electron chi connectivity index (χ0n) is 29.7. The van der Waals surface area contributed by atoms with Crippen molar-refractivity contribution in [1.82, 2.24) is 9.13 Å². The number of hydrogen-bond acceptors (Lipinski definition) is 0. The second kappa shape index (κ2) is 11.2. The van der Waals surface area contributed by atoms with Gasteiger partial charge in [-0.25, -0.2) is 0 Å². The molecule has 2 heterocycles. The Morgan fingerprint density at radius 3 is 1.34 bits per heavy atom. The molecule has 0 unspecified atom stereocenters. The summed E-state index contributed by atoms with van der Waals surface area (Å²) >= 11 is 0. The van der Waals surface area contributed by atoms with E-state index in [1.54, 1.807) is 0 Å². The highest BCUT2D eigenvalue weighted by Crippen LogP contribution is 2.53. The normalized spacial score (nSPS) is 13.2. The lowest BCUT2D eigenvalue weighted by molar-refractivity contribution is 0.661. The van der Waals surface area contributed by atoms with Crippen LogP contribution in [0.25, 0.3) is 88.4 Å². The van der Waals surface area contributed by atoms with Gasteiger partial charge in [0.25, 0.3) is 0 Å². The molecule has 2 nitrogen and oxygen atoms in total. The topological polar surface area (TPSA) is 9.86 Å². The zero-order valence-corrected chi connectivity index (χ0v) is 29.7. The Hall–Kier alpha value is -6.64. The summed E-state index contributed by atoms with van der Waals surface area (Å²) in [5.41, 5.74) is 17.4. The van der Waals surface area contributed by atoms with Crippen LogP contribution in [0, 0.1) is 0 Å². The smallest absolute Gasteiger partial charge is 0.0544 e. The number of para-hydroxylation sites is 2. The number of aromatic nitrogens is 2. The SMILES string of the molecule is CC1(C)c2cc3c(cc2-c2cc4c5ccccc5n(-c5cccc(-c6ccccc6)c5)c4cc21)c1ccccc1n3-c1ccc(-c2ccccc2)cc1. The summed E-state index contributed by atoms with van der Waals surface area (Å²) in [6.07, 6.45) is 0. The Morgan fingerprint density at radius 1 is 0.321 bits per heavy atom. The molecule has 0 radical (unpaired) electrons. The van der Waals surface area contributed by atoms with Crippen molar-refractivity contribution in [3.63, 3.8) is 0 Å². The monoisotopic (exact) mass is 676 g/mol. The van der Waals surface area contributed by atoms with E-state index < -0.39 is 0 Å². The first-order chi connectivity index (χ1) is 26.0. The molecule has 11 rings (SSSR count). The molecule has 1 aliphatic carbocycles. The van der Waals surface area contributed by atoms with Crippen molar-refractivity contribution in [3.05, 3.63) is 193 Å². The Kier molecular flexibility index (Phi) is 6.33. The third-order valence-electron chi connectivity index (χ3n) is 11.7. The molecule has 10 aromatic rings. The van der Waals surface area contributed by atoms with Crippen LogP contribution in [0.1, 0.15) is 25.0 Å². The van der Waals surface area contributed by atoms with Gasteiger partial charge in [-0.15, -0.1) is 0 Å². The highest BCUT2D eigenvalue weighted by Gasteiger charge is 2.37. The standard InChI is InChI=1S/C51H36N2/c1-51(2)45-31-49-43(39-20-9-11-22-47(39)52(49)37-26-24-35(25-27-37)33-14-5-3-6-15-33)29-41(45)42-30-44-40-21-10-12-23-48(40)53(50(44)32-46(42)51)38-19-13-18-36(28-38)34-16-7-4-8-17-34/h3-32H,1-2H3. The van der Waals surface area contributed by atoms with Crippen molar-refractivity contribution in [2.75, 3.05) is 0 Å². The molecule has 2 heteroatoms. The highest BCUT2D eigenvalue weighted by atomic mass is 15.0. The van der Waals surface area contributed by atoms with Crippen LogP contribution < -0.4 is 0 Å². The van der Waals surface area contributed by atoms with Crippen LogP contribution in [0.4, 0.5) is 0 Å². The first-order valence-corrected chi connectivity index (χ1v) is 18.5. The second-order valence-corrected chi connectivity index (χ2v) is 15.0. The molecule has 0 saturated carbocycles. The summed E-state index contributed by atoms with van der Waals surface area (Å²) in [7, 11) is 0. The maximum Gasteiger partial charge on any atom is 0.0544 e. The van der Waals surface area contributed by atoms with Gasteiger partial charge >= 0.3 is 0 Å². The predicted molar refractivity (Wildman–Crippen MR) is 224 cm³/mol. The second-order valence-electron chi connectivity index (χ2n) is 15.0. The molecule has 0 N–H and O–H groups in total. The predicted octanol–water partition coefficient (Wildman–Crippen LogP) is 13.5. The first-order valence-electron chi connectivity index (χ1n) is 18.5. The van der Waals surface area contributed by atoms with Crippen molar-refractivity contribution in [3.8, 4) is 44.8 Å². The lowest BCUT2D eigenvalue weighted by Crippen LogP contribution is -2.15. The van der Waals surface area contributed by atoms with E-state index in [1.807, 2.05) is 0 Å². The van der Waals surface area contributed by atoms with Gasteiger partial charge in [-0.05, 0) is 105 Å². The Balaban J connectivity index is 1.12. The van der Waals surface area contributed by atoms with Gasteiger partial charge in [-0.2, -0.15) is 0 Å². The third-order valence-corrected chi connectivity index (χ3v) is 11.7. The van der Waals surface area contributed by atoms with Crippen LogP contribution in [0.5, 0.6) is 0 Å².